The average molecular weight is 532 g/mol. The van der Waals surface area contributed by atoms with E-state index in [9.17, 15) is 5.11 Å². The highest BCUT2D eigenvalue weighted by molar-refractivity contribution is 14.0. The number of guanidine groups is 1. The molecule has 0 aromatic carbocycles. The third-order valence-electron chi connectivity index (χ3n) is 5.31. The molecular formula is C21H33IN4O2S. The van der Waals surface area contributed by atoms with E-state index in [1.807, 2.05) is 18.3 Å². The molecule has 3 atom stereocenters. The van der Waals surface area contributed by atoms with Crippen LogP contribution in [0.4, 0.5) is 0 Å². The summed E-state index contributed by atoms with van der Waals surface area (Å²) in [6, 6.07) is 8.37. The van der Waals surface area contributed by atoms with E-state index in [2.05, 4.69) is 45.1 Å². The van der Waals surface area contributed by atoms with Crippen molar-refractivity contribution in [2.75, 3.05) is 33.2 Å². The van der Waals surface area contributed by atoms with Crippen LogP contribution in [-0.2, 0) is 5.60 Å². The predicted molar refractivity (Wildman–Crippen MR) is 130 cm³/mol. The van der Waals surface area contributed by atoms with E-state index < -0.39 is 5.60 Å². The summed E-state index contributed by atoms with van der Waals surface area (Å²) >= 11 is 1.83. The smallest absolute Gasteiger partial charge is 0.191 e. The van der Waals surface area contributed by atoms with E-state index in [-0.39, 0.29) is 30.5 Å². The molecule has 1 aliphatic heterocycles. The molecular weight excluding hydrogens is 499 g/mol. The third kappa shape index (κ3) is 6.44. The van der Waals surface area contributed by atoms with Crippen molar-refractivity contribution in [3.63, 3.8) is 0 Å². The molecule has 0 bridgehead atoms. The van der Waals surface area contributed by atoms with Crippen LogP contribution in [0.2, 0.25) is 0 Å². The molecule has 6 nitrogen and oxygen atoms in total. The lowest BCUT2D eigenvalue weighted by Gasteiger charge is -2.39. The molecule has 1 aliphatic rings. The van der Waals surface area contributed by atoms with Gasteiger partial charge in [0.1, 0.15) is 11.4 Å². The van der Waals surface area contributed by atoms with Gasteiger partial charge in [-0.1, -0.05) is 6.07 Å². The van der Waals surface area contributed by atoms with Crippen molar-refractivity contribution >= 4 is 41.3 Å². The first-order valence-corrected chi connectivity index (χ1v) is 10.9. The zero-order chi connectivity index (χ0) is 20.0. The number of aliphatic hydroxyl groups is 1. The highest BCUT2D eigenvalue weighted by Crippen LogP contribution is 2.36. The van der Waals surface area contributed by atoms with E-state index in [0.29, 0.717) is 17.7 Å². The first kappa shape index (κ1) is 24.2. The van der Waals surface area contributed by atoms with Crippen molar-refractivity contribution in [3.8, 4) is 0 Å². The number of aliphatic imine (C=N–C) groups is 1. The van der Waals surface area contributed by atoms with Crippen molar-refractivity contribution in [1.82, 2.24) is 15.5 Å². The van der Waals surface area contributed by atoms with Crippen molar-refractivity contribution < 1.29 is 9.52 Å². The largest absolute Gasteiger partial charge is 0.466 e. The SMILES string of the molecule is CCNC(=NCC(C)(O)c1ccco1)NCC1CCCN(C)C1c1cccs1.I. The monoisotopic (exact) mass is 532 g/mol. The van der Waals surface area contributed by atoms with Crippen LogP contribution in [-0.4, -0.2) is 49.2 Å². The Bertz CT molecular complexity index is 734. The molecule has 0 amide bonds. The van der Waals surface area contributed by atoms with Crippen LogP contribution < -0.4 is 10.6 Å². The van der Waals surface area contributed by atoms with Gasteiger partial charge < -0.3 is 20.2 Å². The Kier molecular flexibility index (Phi) is 9.45. The van der Waals surface area contributed by atoms with Crippen molar-refractivity contribution in [1.29, 1.82) is 0 Å². The van der Waals surface area contributed by atoms with Crippen LogP contribution in [0.3, 0.4) is 0 Å². The Morgan fingerprint density at radius 1 is 1.38 bits per heavy atom. The molecule has 1 fully saturated rings. The van der Waals surface area contributed by atoms with Gasteiger partial charge in [-0.3, -0.25) is 4.90 Å². The van der Waals surface area contributed by atoms with Gasteiger partial charge in [-0.05, 0) is 69.8 Å². The van der Waals surface area contributed by atoms with E-state index in [4.69, 9.17) is 4.42 Å². The molecule has 2 aromatic heterocycles. The van der Waals surface area contributed by atoms with Gasteiger partial charge in [0, 0.05) is 24.0 Å². The highest BCUT2D eigenvalue weighted by atomic mass is 127. The molecule has 0 radical (unpaired) electrons. The number of nitrogens with zero attached hydrogens (tertiary/aromatic N) is 2. The second-order valence-corrected chi connectivity index (χ2v) is 8.65. The molecule has 3 rings (SSSR count). The van der Waals surface area contributed by atoms with Gasteiger partial charge in [-0.15, -0.1) is 35.3 Å². The number of hydrogen-bond acceptors (Lipinski definition) is 5. The summed E-state index contributed by atoms with van der Waals surface area (Å²) in [5.41, 5.74) is -1.13. The van der Waals surface area contributed by atoms with Gasteiger partial charge in [-0.2, -0.15) is 0 Å². The number of piperidine rings is 1. The first-order valence-electron chi connectivity index (χ1n) is 10.0. The van der Waals surface area contributed by atoms with E-state index in [1.165, 1.54) is 17.7 Å². The van der Waals surface area contributed by atoms with E-state index >= 15 is 0 Å². The number of furan rings is 1. The van der Waals surface area contributed by atoms with Gasteiger partial charge in [0.2, 0.25) is 0 Å². The number of likely N-dealkylation sites (tertiary alicyclic amines) is 1. The number of thiophene rings is 1. The molecule has 29 heavy (non-hydrogen) atoms. The molecule has 0 saturated carbocycles. The molecule has 162 valence electrons. The lowest BCUT2D eigenvalue weighted by atomic mass is 9.88. The highest BCUT2D eigenvalue weighted by Gasteiger charge is 2.31. The van der Waals surface area contributed by atoms with Gasteiger partial charge in [0.25, 0.3) is 0 Å². The molecule has 3 N–H and O–H groups in total. The van der Waals surface area contributed by atoms with Crippen LogP contribution in [0.1, 0.15) is 43.4 Å². The summed E-state index contributed by atoms with van der Waals surface area (Å²) in [4.78, 5) is 8.50. The lowest BCUT2D eigenvalue weighted by molar-refractivity contribution is 0.0436. The van der Waals surface area contributed by atoms with Crippen molar-refractivity contribution in [3.05, 3.63) is 46.5 Å². The Morgan fingerprint density at radius 3 is 2.86 bits per heavy atom. The molecule has 2 aromatic rings. The Balaban J connectivity index is 0.00000300. The van der Waals surface area contributed by atoms with Gasteiger partial charge in [0.15, 0.2) is 5.96 Å². The molecule has 8 heteroatoms. The number of rotatable bonds is 7. The summed E-state index contributed by atoms with van der Waals surface area (Å²) in [5, 5.41) is 19.6. The second-order valence-electron chi connectivity index (χ2n) is 7.67. The molecule has 0 aliphatic carbocycles. The summed E-state index contributed by atoms with van der Waals surface area (Å²) in [7, 11) is 2.22. The summed E-state index contributed by atoms with van der Waals surface area (Å²) in [6.45, 7) is 6.76. The maximum Gasteiger partial charge on any atom is 0.191 e. The van der Waals surface area contributed by atoms with Gasteiger partial charge in [-0.25, -0.2) is 4.99 Å². The molecule has 3 heterocycles. The minimum atomic E-state index is -1.13. The minimum Gasteiger partial charge on any atom is -0.466 e. The maximum atomic E-state index is 10.6. The topological polar surface area (TPSA) is 73.0 Å². The Hall–Kier alpha value is -1.10. The normalized spacial score (nSPS) is 22.6. The summed E-state index contributed by atoms with van der Waals surface area (Å²) in [6.07, 6.45) is 3.98. The Morgan fingerprint density at radius 2 is 2.21 bits per heavy atom. The summed E-state index contributed by atoms with van der Waals surface area (Å²) in [5.74, 6) is 1.78. The number of hydrogen-bond donors (Lipinski definition) is 3. The quantitative estimate of drug-likeness (QED) is 0.288. The van der Waals surface area contributed by atoms with Crippen LogP contribution in [0.15, 0.2) is 45.3 Å². The third-order valence-corrected chi connectivity index (χ3v) is 6.26. The van der Waals surface area contributed by atoms with E-state index in [1.54, 1.807) is 25.3 Å². The predicted octanol–water partition coefficient (Wildman–Crippen LogP) is 3.80. The average Bonchev–Trinajstić information content (AvgIpc) is 3.38. The van der Waals surface area contributed by atoms with Gasteiger partial charge >= 0.3 is 0 Å². The zero-order valence-electron chi connectivity index (χ0n) is 17.4. The summed E-state index contributed by atoms with van der Waals surface area (Å²) < 4.78 is 5.35. The standard InChI is InChI=1S/C21H32N4O2S.HI/c1-4-22-20(24-15-21(2,26)18-10-6-12-27-18)23-14-16-8-5-11-25(3)19(16)17-9-7-13-28-17;/h6-7,9-10,12-13,16,19,26H,4-5,8,11,14-15H2,1-3H3,(H2,22,23,24);1H. The number of halogens is 1. The van der Waals surface area contributed by atoms with Crippen LogP contribution in [0.5, 0.6) is 0 Å². The van der Waals surface area contributed by atoms with Crippen LogP contribution in [0.25, 0.3) is 0 Å². The zero-order valence-corrected chi connectivity index (χ0v) is 20.6. The fourth-order valence-electron chi connectivity index (χ4n) is 3.85. The number of nitrogens with one attached hydrogen (secondary N) is 2. The fraction of sp³-hybridized carbons (Fsp3) is 0.571. The lowest BCUT2D eigenvalue weighted by Crippen LogP contribution is -2.45. The molecule has 0 spiro atoms. The maximum absolute atomic E-state index is 10.6. The first-order chi connectivity index (χ1) is 13.5. The van der Waals surface area contributed by atoms with Gasteiger partial charge in [0.05, 0.1) is 12.8 Å². The minimum absolute atomic E-state index is 0. The second kappa shape index (κ2) is 11.3. The molecule has 1 saturated heterocycles. The fourth-order valence-corrected chi connectivity index (χ4v) is 4.83. The van der Waals surface area contributed by atoms with Crippen LogP contribution >= 0.6 is 35.3 Å². The van der Waals surface area contributed by atoms with Crippen molar-refractivity contribution in [2.24, 2.45) is 10.9 Å². The van der Waals surface area contributed by atoms with Crippen LogP contribution in [0, 0.1) is 5.92 Å². The Labute approximate surface area is 194 Å². The molecule has 3 unspecified atom stereocenters. The van der Waals surface area contributed by atoms with E-state index in [0.717, 1.165) is 25.6 Å². The van der Waals surface area contributed by atoms with Crippen molar-refractivity contribution in [2.45, 2.75) is 38.3 Å².